The molecule has 27 heavy (non-hydrogen) atoms. The molecule has 0 saturated heterocycles. The molecule has 0 bridgehead atoms. The Labute approximate surface area is 153 Å². The van der Waals surface area contributed by atoms with Crippen molar-refractivity contribution >= 4 is 16.9 Å². The van der Waals surface area contributed by atoms with E-state index in [9.17, 15) is 14.7 Å². The molecule has 1 aliphatic heterocycles. The number of carbonyl (C=O) groups excluding carboxylic acids is 1. The second kappa shape index (κ2) is 5.90. The van der Waals surface area contributed by atoms with E-state index in [1.54, 1.807) is 16.7 Å². The maximum Gasteiger partial charge on any atom is 0.198 e. The molecule has 3 heterocycles. The van der Waals surface area contributed by atoms with E-state index in [0.717, 1.165) is 17.5 Å². The molecule has 0 spiro atoms. The van der Waals surface area contributed by atoms with Crippen LogP contribution >= 0.6 is 0 Å². The van der Waals surface area contributed by atoms with Crippen LogP contribution in [-0.4, -0.2) is 22.1 Å². The van der Waals surface area contributed by atoms with Crippen LogP contribution in [0.15, 0.2) is 29.2 Å². The van der Waals surface area contributed by atoms with Crippen molar-refractivity contribution in [3.05, 3.63) is 57.4 Å². The van der Waals surface area contributed by atoms with Gasteiger partial charge in [-0.15, -0.1) is 0 Å². The third kappa shape index (κ3) is 2.58. The van der Waals surface area contributed by atoms with Gasteiger partial charge in [-0.1, -0.05) is 0 Å². The first-order valence-electron chi connectivity index (χ1n) is 8.49. The molecule has 1 aromatic carbocycles. The number of halogens is 1. The molecule has 0 saturated carbocycles. The van der Waals surface area contributed by atoms with Crippen LogP contribution in [0.25, 0.3) is 22.0 Å². The zero-order chi connectivity index (χ0) is 19.5. The molecule has 0 amide bonds. The molecule has 7 heteroatoms. The number of carbonyl (C=O) groups is 1. The lowest BCUT2D eigenvalue weighted by Crippen LogP contribution is -2.32. The number of ether oxygens (including phenoxy) is 1. The number of aryl methyl sites for hydroxylation is 2. The molecule has 138 valence electrons. The van der Waals surface area contributed by atoms with Crippen molar-refractivity contribution in [1.82, 2.24) is 9.55 Å². The maximum absolute atomic E-state index is 15.1. The molecular weight excluding hydrogens is 351 g/mol. The van der Waals surface area contributed by atoms with Gasteiger partial charge in [-0.3, -0.25) is 9.78 Å². The smallest absolute Gasteiger partial charge is 0.198 e. The Hall–Kier alpha value is -3.22. The number of rotatable bonds is 2. The molecule has 2 aromatic heterocycles. The molecule has 0 fully saturated rings. The predicted molar refractivity (Wildman–Crippen MR) is 95.4 cm³/mol. The van der Waals surface area contributed by atoms with Gasteiger partial charge in [-0.25, -0.2) is 4.39 Å². The lowest BCUT2D eigenvalue weighted by molar-refractivity contribution is -0.255. The summed E-state index contributed by atoms with van der Waals surface area (Å²) in [5, 5.41) is 11.3. The highest BCUT2D eigenvalue weighted by Crippen LogP contribution is 2.42. The fourth-order valence-corrected chi connectivity index (χ4v) is 3.62. The first-order chi connectivity index (χ1) is 12.8. The zero-order valence-electron chi connectivity index (χ0n) is 15.0. The number of aromatic nitrogens is 2. The second-order valence-electron chi connectivity index (χ2n) is 6.82. The highest BCUT2D eigenvalue weighted by atomic mass is 19.1. The summed E-state index contributed by atoms with van der Waals surface area (Å²) in [7, 11) is 0. The average Bonchev–Trinajstić information content (AvgIpc) is 2.58. The molecule has 3 aromatic rings. The lowest BCUT2D eigenvalue weighted by Gasteiger charge is -2.29. The minimum Gasteiger partial charge on any atom is -0.545 e. The van der Waals surface area contributed by atoms with E-state index in [1.165, 1.54) is 6.20 Å². The van der Waals surface area contributed by atoms with Crippen LogP contribution in [0.4, 0.5) is 4.39 Å². The summed E-state index contributed by atoms with van der Waals surface area (Å²) in [6.45, 7) is 5.67. The average molecular weight is 367 g/mol. The number of pyridine rings is 2. The minimum atomic E-state index is -1.59. The highest BCUT2D eigenvalue weighted by molar-refractivity contribution is 5.97. The summed E-state index contributed by atoms with van der Waals surface area (Å²) < 4.78 is 22.5. The van der Waals surface area contributed by atoms with Crippen molar-refractivity contribution in [2.24, 2.45) is 0 Å². The van der Waals surface area contributed by atoms with Crippen LogP contribution in [0.3, 0.4) is 0 Å². The summed E-state index contributed by atoms with van der Waals surface area (Å²) in [4.78, 5) is 28.2. The Bertz CT molecular complexity index is 1160. The van der Waals surface area contributed by atoms with E-state index in [1.807, 2.05) is 20.8 Å². The molecule has 0 unspecified atom stereocenters. The predicted octanol–water partition coefficient (Wildman–Crippen LogP) is 2.14. The Morgan fingerprint density at radius 2 is 1.96 bits per heavy atom. The van der Waals surface area contributed by atoms with Crippen molar-refractivity contribution in [2.75, 3.05) is 6.61 Å². The van der Waals surface area contributed by atoms with E-state index >= 15 is 4.39 Å². The van der Waals surface area contributed by atoms with Gasteiger partial charge in [0.25, 0.3) is 0 Å². The normalized spacial score (nSPS) is 15.6. The van der Waals surface area contributed by atoms with Gasteiger partial charge in [0, 0.05) is 17.6 Å². The van der Waals surface area contributed by atoms with Crippen molar-refractivity contribution in [2.45, 2.75) is 26.8 Å². The van der Waals surface area contributed by atoms with Gasteiger partial charge in [0.15, 0.2) is 11.2 Å². The molecule has 4 rings (SSSR count). The fourth-order valence-electron chi connectivity index (χ4n) is 3.62. The van der Waals surface area contributed by atoms with Gasteiger partial charge in [0.05, 0.1) is 34.0 Å². The van der Waals surface area contributed by atoms with E-state index in [4.69, 9.17) is 4.74 Å². The quantitative estimate of drug-likeness (QED) is 0.693. The summed E-state index contributed by atoms with van der Waals surface area (Å²) in [5.41, 5.74) is 1.38. The Kier molecular flexibility index (Phi) is 3.76. The molecule has 1 aliphatic rings. The van der Waals surface area contributed by atoms with Crippen LogP contribution in [0.1, 0.15) is 34.7 Å². The molecule has 0 N–H and O–H groups in total. The third-order valence-electron chi connectivity index (χ3n) is 4.76. The summed E-state index contributed by atoms with van der Waals surface area (Å²) in [6, 6.07) is 4.34. The SMILES string of the molecule is Cc1cc(-c2c(F)cc3c(=O)c(C(=O)[O-])cn4c3c2OC[C@@H]4C)cc(C)n1. The van der Waals surface area contributed by atoms with Gasteiger partial charge in [-0.05, 0) is 44.5 Å². The van der Waals surface area contributed by atoms with Gasteiger partial charge >= 0.3 is 0 Å². The summed E-state index contributed by atoms with van der Waals surface area (Å²) in [6.07, 6.45) is 1.25. The van der Waals surface area contributed by atoms with Crippen molar-refractivity contribution < 1.29 is 19.0 Å². The van der Waals surface area contributed by atoms with E-state index < -0.39 is 22.8 Å². The first kappa shape index (κ1) is 17.2. The number of hydrogen-bond acceptors (Lipinski definition) is 5. The fraction of sp³-hybridized carbons (Fsp3) is 0.250. The summed E-state index contributed by atoms with van der Waals surface area (Å²) >= 11 is 0. The minimum absolute atomic E-state index is 0.0398. The molecule has 1 atom stereocenters. The summed E-state index contributed by atoms with van der Waals surface area (Å²) in [5.74, 6) is -2.01. The van der Waals surface area contributed by atoms with E-state index in [2.05, 4.69) is 4.98 Å². The van der Waals surface area contributed by atoms with Crippen LogP contribution in [0, 0.1) is 19.7 Å². The van der Waals surface area contributed by atoms with Gasteiger partial charge in [-0.2, -0.15) is 0 Å². The molecular formula is C20H16FN2O4-. The molecule has 6 nitrogen and oxygen atoms in total. The van der Waals surface area contributed by atoms with Crippen molar-refractivity contribution in [3.8, 4) is 16.9 Å². The van der Waals surface area contributed by atoms with Crippen molar-refractivity contribution in [3.63, 3.8) is 0 Å². The Morgan fingerprint density at radius 1 is 1.30 bits per heavy atom. The van der Waals surface area contributed by atoms with E-state index in [-0.39, 0.29) is 29.3 Å². The highest BCUT2D eigenvalue weighted by Gasteiger charge is 2.27. The number of benzene rings is 1. The Morgan fingerprint density at radius 3 is 2.59 bits per heavy atom. The van der Waals surface area contributed by atoms with Crippen LogP contribution in [0.2, 0.25) is 0 Å². The number of aromatic carboxylic acids is 1. The molecule has 0 radical (unpaired) electrons. The first-order valence-corrected chi connectivity index (χ1v) is 8.49. The van der Waals surface area contributed by atoms with Crippen molar-refractivity contribution in [1.29, 1.82) is 0 Å². The topological polar surface area (TPSA) is 84.2 Å². The number of hydrogen-bond donors (Lipinski definition) is 0. The number of carboxylic acids is 1. The van der Waals surface area contributed by atoms with Gasteiger partial charge in [0.2, 0.25) is 0 Å². The van der Waals surface area contributed by atoms with Gasteiger partial charge in [0.1, 0.15) is 12.4 Å². The second-order valence-corrected chi connectivity index (χ2v) is 6.82. The molecule has 0 aliphatic carbocycles. The number of carboxylic acid groups (broad SMARTS) is 1. The standard InChI is InChI=1S/C20H17FN2O4/c1-9-4-12(5-10(2)22-9)16-15(21)6-13-17-19(16)27-8-11(3)23(17)7-14(18(13)24)20(25)26/h4-7,11H,8H2,1-3H3,(H,25,26)/p-1/t11-/m0/s1. The van der Waals surface area contributed by atoms with E-state index in [0.29, 0.717) is 11.1 Å². The van der Waals surface area contributed by atoms with Crippen LogP contribution < -0.4 is 15.3 Å². The third-order valence-corrected chi connectivity index (χ3v) is 4.76. The zero-order valence-corrected chi connectivity index (χ0v) is 15.0. The monoisotopic (exact) mass is 367 g/mol. The number of nitrogens with zero attached hydrogens (tertiary/aromatic N) is 2. The Balaban J connectivity index is 2.16. The van der Waals surface area contributed by atoms with Crippen LogP contribution in [0.5, 0.6) is 5.75 Å². The lowest BCUT2D eigenvalue weighted by atomic mass is 9.98. The van der Waals surface area contributed by atoms with Crippen LogP contribution in [-0.2, 0) is 0 Å². The maximum atomic E-state index is 15.1. The largest absolute Gasteiger partial charge is 0.545 e. The van der Waals surface area contributed by atoms with Gasteiger partial charge < -0.3 is 19.2 Å².